The van der Waals surface area contributed by atoms with Crippen LogP contribution in [0.3, 0.4) is 0 Å². The summed E-state index contributed by atoms with van der Waals surface area (Å²) < 4.78 is 40.8. The molecule has 0 amide bonds. The second-order valence-electron chi connectivity index (χ2n) is 5.90. The number of aromatic nitrogens is 2. The van der Waals surface area contributed by atoms with Crippen molar-refractivity contribution in [3.63, 3.8) is 0 Å². The van der Waals surface area contributed by atoms with Crippen LogP contribution in [0.5, 0.6) is 11.5 Å². The average Bonchev–Trinajstić information content (AvgIpc) is 3.12. The summed E-state index contributed by atoms with van der Waals surface area (Å²) in [5.41, 5.74) is 0.723. The molecule has 1 N–H and O–H groups in total. The fourth-order valence-electron chi connectivity index (χ4n) is 2.72. The summed E-state index contributed by atoms with van der Waals surface area (Å²) in [5, 5.41) is 0. The predicted octanol–water partition coefficient (Wildman–Crippen LogP) is 2.51. The average molecular weight is 387 g/mol. The number of sulfonamides is 1. The summed E-state index contributed by atoms with van der Waals surface area (Å²) in [6.45, 7) is 0. The molecule has 0 bridgehead atoms. The van der Waals surface area contributed by atoms with Gasteiger partial charge in [-0.2, -0.15) is 4.72 Å². The van der Waals surface area contributed by atoms with Crippen molar-refractivity contribution in [3.8, 4) is 11.5 Å². The minimum Gasteiger partial charge on any atom is -0.497 e. The van der Waals surface area contributed by atoms with E-state index >= 15 is 0 Å². The molecule has 27 heavy (non-hydrogen) atoms. The Morgan fingerprint density at radius 3 is 2.33 bits per heavy atom. The third-order valence-electron chi connectivity index (χ3n) is 4.19. The molecule has 0 fully saturated rings. The van der Waals surface area contributed by atoms with Crippen LogP contribution in [0.25, 0.3) is 0 Å². The van der Waals surface area contributed by atoms with Crippen molar-refractivity contribution < 1.29 is 17.9 Å². The van der Waals surface area contributed by atoms with Crippen molar-refractivity contribution in [2.24, 2.45) is 7.05 Å². The SMILES string of the molecule is COc1ccc(S(=O)(=O)NC(c2cccc(OC)c2)c2nccn2C)cc1. The van der Waals surface area contributed by atoms with Gasteiger partial charge in [-0.05, 0) is 42.0 Å². The van der Waals surface area contributed by atoms with Crippen LogP contribution in [0.2, 0.25) is 0 Å². The highest BCUT2D eigenvalue weighted by atomic mass is 32.2. The van der Waals surface area contributed by atoms with E-state index in [2.05, 4.69) is 9.71 Å². The number of imidazole rings is 1. The second-order valence-corrected chi connectivity index (χ2v) is 7.62. The molecule has 1 heterocycles. The molecular formula is C19H21N3O4S. The quantitative estimate of drug-likeness (QED) is 0.674. The van der Waals surface area contributed by atoms with Crippen LogP contribution in [0, 0.1) is 0 Å². The maximum absolute atomic E-state index is 13.0. The number of ether oxygens (including phenoxy) is 2. The first kappa shape index (κ1) is 18.9. The predicted molar refractivity (Wildman–Crippen MR) is 101 cm³/mol. The van der Waals surface area contributed by atoms with E-state index in [1.54, 1.807) is 48.3 Å². The number of rotatable bonds is 7. The van der Waals surface area contributed by atoms with Gasteiger partial charge in [0.15, 0.2) is 0 Å². The summed E-state index contributed by atoms with van der Waals surface area (Å²) in [6.07, 6.45) is 3.40. The Bertz CT molecular complexity index is 1010. The standard InChI is InChI=1S/C19H21N3O4S/c1-22-12-11-20-19(22)18(14-5-4-6-16(13-14)26-3)21-27(23,24)17-9-7-15(25-2)8-10-17/h4-13,18,21H,1-3H3. The molecular weight excluding hydrogens is 366 g/mol. The van der Waals surface area contributed by atoms with Gasteiger partial charge in [0, 0.05) is 19.4 Å². The lowest BCUT2D eigenvalue weighted by Crippen LogP contribution is -2.31. The zero-order valence-corrected chi connectivity index (χ0v) is 16.1. The second kappa shape index (κ2) is 7.81. The van der Waals surface area contributed by atoms with E-state index in [0.29, 0.717) is 17.3 Å². The third kappa shape index (κ3) is 4.12. The van der Waals surface area contributed by atoms with Crippen molar-refractivity contribution in [2.45, 2.75) is 10.9 Å². The van der Waals surface area contributed by atoms with Crippen molar-refractivity contribution in [1.82, 2.24) is 14.3 Å². The Morgan fingerprint density at radius 1 is 1.04 bits per heavy atom. The molecule has 142 valence electrons. The molecule has 0 saturated heterocycles. The zero-order chi connectivity index (χ0) is 19.4. The number of hydrogen-bond acceptors (Lipinski definition) is 5. The van der Waals surface area contributed by atoms with Crippen molar-refractivity contribution in [1.29, 1.82) is 0 Å². The van der Waals surface area contributed by atoms with E-state index in [-0.39, 0.29) is 4.90 Å². The fourth-order valence-corrected chi connectivity index (χ4v) is 3.91. The minimum absolute atomic E-state index is 0.144. The van der Waals surface area contributed by atoms with Crippen LogP contribution in [0.4, 0.5) is 0 Å². The highest BCUT2D eigenvalue weighted by molar-refractivity contribution is 7.89. The molecule has 3 aromatic rings. The van der Waals surface area contributed by atoms with E-state index in [4.69, 9.17) is 9.47 Å². The summed E-state index contributed by atoms with van der Waals surface area (Å²) in [6, 6.07) is 12.8. The van der Waals surface area contributed by atoms with E-state index in [0.717, 1.165) is 5.56 Å². The molecule has 0 spiro atoms. The first-order chi connectivity index (χ1) is 12.9. The minimum atomic E-state index is -3.79. The van der Waals surface area contributed by atoms with E-state index < -0.39 is 16.1 Å². The molecule has 1 aromatic heterocycles. The summed E-state index contributed by atoms with van der Waals surface area (Å²) in [7, 11) is 1.12. The Hall–Kier alpha value is -2.84. The van der Waals surface area contributed by atoms with Gasteiger partial charge in [0.05, 0.1) is 19.1 Å². The van der Waals surface area contributed by atoms with Crippen LogP contribution >= 0.6 is 0 Å². The van der Waals surface area contributed by atoms with Gasteiger partial charge in [-0.1, -0.05) is 12.1 Å². The van der Waals surface area contributed by atoms with Gasteiger partial charge < -0.3 is 14.0 Å². The lowest BCUT2D eigenvalue weighted by Gasteiger charge is -2.20. The topological polar surface area (TPSA) is 82.5 Å². The lowest BCUT2D eigenvalue weighted by atomic mass is 10.1. The number of benzene rings is 2. The molecule has 0 saturated carbocycles. The van der Waals surface area contributed by atoms with Crippen molar-refractivity contribution in [2.75, 3.05) is 14.2 Å². The molecule has 1 atom stereocenters. The third-order valence-corrected chi connectivity index (χ3v) is 5.63. The normalized spacial score (nSPS) is 12.6. The first-order valence-corrected chi connectivity index (χ1v) is 9.70. The Balaban J connectivity index is 2.01. The monoisotopic (exact) mass is 387 g/mol. The molecule has 0 aliphatic heterocycles. The smallest absolute Gasteiger partial charge is 0.241 e. The van der Waals surface area contributed by atoms with E-state index in [1.165, 1.54) is 19.2 Å². The Kier molecular flexibility index (Phi) is 5.48. The Morgan fingerprint density at radius 2 is 1.74 bits per heavy atom. The number of nitrogens with zero attached hydrogens (tertiary/aromatic N) is 2. The molecule has 0 radical (unpaired) electrons. The van der Waals surface area contributed by atoms with Gasteiger partial charge in [-0.15, -0.1) is 0 Å². The largest absolute Gasteiger partial charge is 0.497 e. The van der Waals surface area contributed by atoms with Gasteiger partial charge in [0.1, 0.15) is 23.4 Å². The highest BCUT2D eigenvalue weighted by Crippen LogP contribution is 2.26. The van der Waals surface area contributed by atoms with Gasteiger partial charge >= 0.3 is 0 Å². The molecule has 7 nitrogen and oxygen atoms in total. The molecule has 2 aromatic carbocycles. The van der Waals surface area contributed by atoms with Gasteiger partial charge in [-0.3, -0.25) is 0 Å². The first-order valence-electron chi connectivity index (χ1n) is 8.22. The van der Waals surface area contributed by atoms with Crippen LogP contribution in [-0.2, 0) is 17.1 Å². The van der Waals surface area contributed by atoms with Crippen molar-refractivity contribution >= 4 is 10.0 Å². The fraction of sp³-hybridized carbons (Fsp3) is 0.211. The van der Waals surface area contributed by atoms with E-state index in [9.17, 15) is 8.42 Å². The van der Waals surface area contributed by atoms with Crippen LogP contribution < -0.4 is 14.2 Å². The molecule has 0 aliphatic rings. The molecule has 8 heteroatoms. The maximum Gasteiger partial charge on any atom is 0.241 e. The highest BCUT2D eigenvalue weighted by Gasteiger charge is 2.26. The molecule has 1 unspecified atom stereocenters. The van der Waals surface area contributed by atoms with Gasteiger partial charge in [0.2, 0.25) is 10.0 Å². The Labute approximate surface area is 158 Å². The summed E-state index contributed by atoms with van der Waals surface area (Å²) in [4.78, 5) is 4.47. The van der Waals surface area contributed by atoms with E-state index in [1.807, 2.05) is 19.2 Å². The van der Waals surface area contributed by atoms with Crippen molar-refractivity contribution in [3.05, 3.63) is 72.3 Å². The van der Waals surface area contributed by atoms with Crippen LogP contribution in [-0.4, -0.2) is 32.2 Å². The number of methoxy groups -OCH3 is 2. The van der Waals surface area contributed by atoms with Crippen LogP contribution in [0.1, 0.15) is 17.4 Å². The number of hydrogen-bond donors (Lipinski definition) is 1. The van der Waals surface area contributed by atoms with Crippen LogP contribution in [0.15, 0.2) is 65.8 Å². The zero-order valence-electron chi connectivity index (χ0n) is 15.3. The summed E-state index contributed by atoms with van der Waals surface area (Å²) >= 11 is 0. The van der Waals surface area contributed by atoms with Gasteiger partial charge in [0.25, 0.3) is 0 Å². The summed E-state index contributed by atoms with van der Waals surface area (Å²) in [5.74, 6) is 1.79. The number of nitrogens with one attached hydrogen (secondary N) is 1. The molecule has 0 aliphatic carbocycles. The molecule has 3 rings (SSSR count). The lowest BCUT2D eigenvalue weighted by molar-refractivity contribution is 0.413. The van der Waals surface area contributed by atoms with Gasteiger partial charge in [-0.25, -0.2) is 13.4 Å². The number of aryl methyl sites for hydroxylation is 1. The maximum atomic E-state index is 13.0.